The first-order valence-electron chi connectivity index (χ1n) is 7.49. The predicted octanol–water partition coefficient (Wildman–Crippen LogP) is 4.60. The lowest BCUT2D eigenvalue weighted by Crippen LogP contribution is -2.32. The molecule has 2 aliphatic carbocycles. The summed E-state index contributed by atoms with van der Waals surface area (Å²) in [6.07, 6.45) is 9.89. The van der Waals surface area contributed by atoms with Gasteiger partial charge in [0.25, 0.3) is 0 Å². The molecule has 0 aromatic carbocycles. The SMILES string of the molecule is CC(C)(C)C1CCC(=O)C(CC2CCCC2)C1. The average Bonchev–Trinajstić information content (AvgIpc) is 2.72. The normalized spacial score (nSPS) is 32.1. The van der Waals surface area contributed by atoms with Gasteiger partial charge in [-0.3, -0.25) is 4.79 Å². The minimum atomic E-state index is 0.384. The molecule has 0 aromatic rings. The summed E-state index contributed by atoms with van der Waals surface area (Å²) < 4.78 is 0. The van der Waals surface area contributed by atoms with E-state index in [1.807, 2.05) is 0 Å². The summed E-state index contributed by atoms with van der Waals surface area (Å²) in [7, 11) is 0. The summed E-state index contributed by atoms with van der Waals surface area (Å²) >= 11 is 0. The van der Waals surface area contributed by atoms with Crippen LogP contribution in [-0.4, -0.2) is 5.78 Å². The van der Waals surface area contributed by atoms with Crippen LogP contribution in [0.2, 0.25) is 0 Å². The van der Waals surface area contributed by atoms with Crippen LogP contribution in [0.3, 0.4) is 0 Å². The van der Waals surface area contributed by atoms with E-state index in [-0.39, 0.29) is 0 Å². The van der Waals surface area contributed by atoms with Crippen molar-refractivity contribution in [3.05, 3.63) is 0 Å². The maximum Gasteiger partial charge on any atom is 0.136 e. The Morgan fingerprint density at radius 3 is 2.35 bits per heavy atom. The molecule has 2 atom stereocenters. The lowest BCUT2D eigenvalue weighted by atomic mass is 9.67. The topological polar surface area (TPSA) is 17.1 Å². The van der Waals surface area contributed by atoms with Crippen LogP contribution in [0.5, 0.6) is 0 Å². The molecule has 0 heterocycles. The molecule has 17 heavy (non-hydrogen) atoms. The van der Waals surface area contributed by atoms with Crippen LogP contribution in [0.25, 0.3) is 0 Å². The van der Waals surface area contributed by atoms with Gasteiger partial charge in [-0.25, -0.2) is 0 Å². The molecule has 1 nitrogen and oxygen atoms in total. The van der Waals surface area contributed by atoms with Gasteiger partial charge in [-0.15, -0.1) is 0 Å². The lowest BCUT2D eigenvalue weighted by Gasteiger charge is -2.37. The Hall–Kier alpha value is -0.330. The Kier molecular flexibility index (Phi) is 3.95. The van der Waals surface area contributed by atoms with Crippen LogP contribution in [0.4, 0.5) is 0 Å². The molecular formula is C16H28O. The molecule has 2 aliphatic rings. The molecule has 0 amide bonds. The fourth-order valence-electron chi connectivity index (χ4n) is 3.78. The maximum absolute atomic E-state index is 12.1. The number of ketones is 1. The van der Waals surface area contributed by atoms with Gasteiger partial charge in [0.05, 0.1) is 0 Å². The summed E-state index contributed by atoms with van der Waals surface area (Å²) in [5.74, 6) is 2.59. The molecular weight excluding hydrogens is 208 g/mol. The van der Waals surface area contributed by atoms with Gasteiger partial charge in [0.15, 0.2) is 0 Å². The molecule has 0 aromatic heterocycles. The highest BCUT2D eigenvalue weighted by Crippen LogP contribution is 2.42. The van der Waals surface area contributed by atoms with Crippen LogP contribution in [0.1, 0.15) is 72.1 Å². The first-order chi connectivity index (χ1) is 7.97. The predicted molar refractivity (Wildman–Crippen MR) is 71.9 cm³/mol. The van der Waals surface area contributed by atoms with E-state index in [9.17, 15) is 4.79 Å². The zero-order valence-electron chi connectivity index (χ0n) is 11.8. The Bertz CT molecular complexity index is 268. The maximum atomic E-state index is 12.1. The van der Waals surface area contributed by atoms with Crippen molar-refractivity contribution in [3.8, 4) is 0 Å². The van der Waals surface area contributed by atoms with Crippen molar-refractivity contribution in [2.45, 2.75) is 72.1 Å². The van der Waals surface area contributed by atoms with Crippen LogP contribution in [0.15, 0.2) is 0 Å². The Balaban J connectivity index is 1.92. The summed E-state index contributed by atoms with van der Waals surface area (Å²) in [4.78, 5) is 12.1. The number of carbonyl (C=O) groups excluding carboxylic acids is 1. The quantitative estimate of drug-likeness (QED) is 0.685. The van der Waals surface area contributed by atoms with E-state index in [0.29, 0.717) is 17.1 Å². The van der Waals surface area contributed by atoms with Crippen molar-refractivity contribution in [2.75, 3.05) is 0 Å². The van der Waals surface area contributed by atoms with Gasteiger partial charge in [0.2, 0.25) is 0 Å². The van der Waals surface area contributed by atoms with E-state index in [1.165, 1.54) is 38.5 Å². The lowest BCUT2D eigenvalue weighted by molar-refractivity contribution is -0.127. The van der Waals surface area contributed by atoms with Gasteiger partial charge in [0, 0.05) is 12.3 Å². The molecule has 2 rings (SSSR count). The van der Waals surface area contributed by atoms with Gasteiger partial charge in [-0.2, -0.15) is 0 Å². The van der Waals surface area contributed by atoms with Crippen molar-refractivity contribution in [1.82, 2.24) is 0 Å². The Morgan fingerprint density at radius 1 is 1.12 bits per heavy atom. The highest BCUT2D eigenvalue weighted by molar-refractivity contribution is 5.81. The molecule has 1 heteroatoms. The fourth-order valence-corrected chi connectivity index (χ4v) is 3.78. The van der Waals surface area contributed by atoms with Crippen molar-refractivity contribution in [3.63, 3.8) is 0 Å². The summed E-state index contributed by atoms with van der Waals surface area (Å²) in [5, 5.41) is 0. The zero-order chi connectivity index (χ0) is 12.5. The van der Waals surface area contributed by atoms with Gasteiger partial charge >= 0.3 is 0 Å². The van der Waals surface area contributed by atoms with E-state index >= 15 is 0 Å². The minimum Gasteiger partial charge on any atom is -0.299 e. The van der Waals surface area contributed by atoms with Crippen LogP contribution in [-0.2, 0) is 4.79 Å². The van der Waals surface area contributed by atoms with E-state index < -0.39 is 0 Å². The fraction of sp³-hybridized carbons (Fsp3) is 0.938. The standard InChI is InChI=1S/C16H28O/c1-16(2,3)14-8-9-15(17)13(11-14)10-12-6-4-5-7-12/h12-14H,4-11H2,1-3H3. The van der Waals surface area contributed by atoms with E-state index in [4.69, 9.17) is 0 Å². The molecule has 2 fully saturated rings. The number of rotatable bonds is 2. The van der Waals surface area contributed by atoms with E-state index in [2.05, 4.69) is 20.8 Å². The van der Waals surface area contributed by atoms with Crippen LogP contribution < -0.4 is 0 Å². The molecule has 2 unspecified atom stereocenters. The van der Waals surface area contributed by atoms with Gasteiger partial charge < -0.3 is 0 Å². The molecule has 0 N–H and O–H groups in total. The molecule has 98 valence electrons. The van der Waals surface area contributed by atoms with E-state index in [1.54, 1.807) is 0 Å². The number of hydrogen-bond donors (Lipinski definition) is 0. The second-order valence-corrected chi connectivity index (χ2v) is 7.39. The molecule has 0 spiro atoms. The second-order valence-electron chi connectivity index (χ2n) is 7.39. The molecule has 2 saturated carbocycles. The Labute approximate surface area is 106 Å². The van der Waals surface area contributed by atoms with Crippen molar-refractivity contribution in [2.24, 2.45) is 23.2 Å². The average molecular weight is 236 g/mol. The highest BCUT2D eigenvalue weighted by atomic mass is 16.1. The smallest absolute Gasteiger partial charge is 0.136 e. The van der Waals surface area contributed by atoms with Crippen LogP contribution in [0, 0.1) is 23.2 Å². The van der Waals surface area contributed by atoms with Crippen molar-refractivity contribution in [1.29, 1.82) is 0 Å². The monoisotopic (exact) mass is 236 g/mol. The largest absolute Gasteiger partial charge is 0.299 e. The molecule has 0 bridgehead atoms. The van der Waals surface area contributed by atoms with Gasteiger partial charge in [-0.1, -0.05) is 46.5 Å². The summed E-state index contributed by atoms with van der Waals surface area (Å²) in [6, 6.07) is 0. The molecule has 0 saturated heterocycles. The third-order valence-electron chi connectivity index (χ3n) is 5.08. The summed E-state index contributed by atoms with van der Waals surface area (Å²) in [5.41, 5.74) is 0.384. The number of hydrogen-bond acceptors (Lipinski definition) is 1. The Morgan fingerprint density at radius 2 is 1.76 bits per heavy atom. The highest BCUT2D eigenvalue weighted by Gasteiger charge is 2.36. The van der Waals surface area contributed by atoms with Gasteiger partial charge in [0.1, 0.15) is 5.78 Å². The third kappa shape index (κ3) is 3.33. The minimum absolute atomic E-state index is 0.384. The zero-order valence-corrected chi connectivity index (χ0v) is 11.8. The van der Waals surface area contributed by atoms with Crippen molar-refractivity contribution < 1.29 is 4.79 Å². The summed E-state index contributed by atoms with van der Waals surface area (Å²) in [6.45, 7) is 7.00. The molecule has 0 radical (unpaired) electrons. The van der Waals surface area contributed by atoms with Crippen molar-refractivity contribution >= 4 is 5.78 Å². The van der Waals surface area contributed by atoms with E-state index in [0.717, 1.165) is 24.7 Å². The third-order valence-corrected chi connectivity index (χ3v) is 5.08. The number of Topliss-reactive ketones (excluding diaryl/α,β-unsaturated/α-hetero) is 1. The first kappa shape index (κ1) is 13.1. The van der Waals surface area contributed by atoms with Crippen LogP contribution >= 0.6 is 0 Å². The molecule has 0 aliphatic heterocycles. The second kappa shape index (κ2) is 5.12. The first-order valence-corrected chi connectivity index (χ1v) is 7.49. The van der Waals surface area contributed by atoms with Gasteiger partial charge in [-0.05, 0) is 36.5 Å². The number of carbonyl (C=O) groups is 1.